The summed E-state index contributed by atoms with van der Waals surface area (Å²) in [5, 5.41) is 1.61. The molecule has 0 aliphatic rings. The molecule has 0 N–H and O–H groups in total. The minimum atomic E-state index is -4.11. The van der Waals surface area contributed by atoms with Crippen molar-refractivity contribution in [1.82, 2.24) is 4.90 Å². The van der Waals surface area contributed by atoms with E-state index < -0.39 is 28.3 Å². The number of hydrogen-bond acceptors (Lipinski definition) is 5. The summed E-state index contributed by atoms with van der Waals surface area (Å²) in [6.07, 6.45) is 0. The molecule has 0 radical (unpaired) electrons. The lowest BCUT2D eigenvalue weighted by molar-refractivity contribution is -0.128. The van der Waals surface area contributed by atoms with Gasteiger partial charge in [-0.15, -0.1) is 11.3 Å². The fourth-order valence-electron chi connectivity index (χ4n) is 2.89. The number of methoxy groups -OCH3 is 1. The zero-order chi connectivity index (χ0) is 21.7. The van der Waals surface area contributed by atoms with E-state index in [1.807, 2.05) is 18.2 Å². The Kier molecular flexibility index (Phi) is 6.73. The smallest absolute Gasteiger partial charge is 0.274 e. The number of nitrogens with zero attached hydrogens (tertiary/aromatic N) is 2. The third-order valence-corrected chi connectivity index (χ3v) is 7.60. The number of thiophene rings is 1. The lowest BCUT2D eigenvalue weighted by Gasteiger charge is -2.26. The molecule has 0 aliphatic carbocycles. The quantitative estimate of drug-likeness (QED) is 0.526. The fourth-order valence-corrected chi connectivity index (χ4v) is 5.42. The molecule has 0 saturated carbocycles. The van der Waals surface area contributed by atoms with Crippen LogP contribution in [0, 0.1) is 5.82 Å². The lowest BCUT2D eigenvalue weighted by Crippen LogP contribution is -2.41. The molecule has 3 rings (SSSR count). The van der Waals surface area contributed by atoms with E-state index in [1.54, 1.807) is 24.6 Å². The molecule has 0 spiro atoms. The van der Waals surface area contributed by atoms with E-state index in [-0.39, 0.29) is 16.4 Å². The number of benzene rings is 2. The predicted octanol–water partition coefficient (Wildman–Crippen LogP) is 3.75. The Hall–Kier alpha value is -2.91. The maximum absolute atomic E-state index is 14.5. The Balaban J connectivity index is 1.89. The van der Waals surface area contributed by atoms with Gasteiger partial charge in [0.25, 0.3) is 10.0 Å². The molecule has 0 fully saturated rings. The minimum absolute atomic E-state index is 0.0333. The molecule has 1 heterocycles. The van der Waals surface area contributed by atoms with Crippen LogP contribution < -0.4 is 9.04 Å². The van der Waals surface area contributed by atoms with Gasteiger partial charge in [-0.05, 0) is 29.6 Å². The largest absolute Gasteiger partial charge is 0.496 e. The summed E-state index contributed by atoms with van der Waals surface area (Å²) in [5.74, 6) is -0.587. The minimum Gasteiger partial charge on any atom is -0.496 e. The van der Waals surface area contributed by atoms with E-state index in [9.17, 15) is 17.6 Å². The van der Waals surface area contributed by atoms with Crippen LogP contribution in [0.25, 0.3) is 0 Å². The van der Waals surface area contributed by atoms with Crippen LogP contribution in [0.4, 0.5) is 10.1 Å². The van der Waals surface area contributed by atoms with E-state index in [0.29, 0.717) is 5.75 Å². The number of anilines is 1. The van der Waals surface area contributed by atoms with Gasteiger partial charge < -0.3 is 9.64 Å². The summed E-state index contributed by atoms with van der Waals surface area (Å²) in [6.45, 7) is -0.320. The molecule has 0 bridgehead atoms. The van der Waals surface area contributed by atoms with Crippen LogP contribution in [0.3, 0.4) is 0 Å². The normalized spacial score (nSPS) is 11.2. The van der Waals surface area contributed by atoms with Crippen LogP contribution in [-0.2, 0) is 21.4 Å². The molecule has 30 heavy (non-hydrogen) atoms. The molecule has 0 aliphatic heterocycles. The van der Waals surface area contributed by atoms with Crippen LogP contribution in [0.2, 0.25) is 0 Å². The van der Waals surface area contributed by atoms with Crippen molar-refractivity contribution in [3.63, 3.8) is 0 Å². The molecule has 9 heteroatoms. The van der Waals surface area contributed by atoms with E-state index in [1.165, 1.54) is 36.3 Å². The highest BCUT2D eigenvalue weighted by molar-refractivity contribution is 7.94. The third kappa shape index (κ3) is 4.63. The Bertz CT molecular complexity index is 1120. The Labute approximate surface area is 179 Å². The van der Waals surface area contributed by atoms with E-state index in [4.69, 9.17) is 4.74 Å². The van der Waals surface area contributed by atoms with E-state index >= 15 is 0 Å². The number of carbonyl (C=O) groups is 1. The molecule has 1 aromatic heterocycles. The van der Waals surface area contributed by atoms with Gasteiger partial charge in [-0.25, -0.2) is 12.8 Å². The molecular weight excluding hydrogens is 427 g/mol. The van der Waals surface area contributed by atoms with Crippen molar-refractivity contribution in [3.05, 3.63) is 77.4 Å². The van der Waals surface area contributed by atoms with Gasteiger partial charge in [0, 0.05) is 19.2 Å². The SMILES string of the molecule is COc1ccccc1CN(C)C(=O)CN(c1ccccc1F)S(=O)(=O)c1cccs1. The first-order valence-electron chi connectivity index (χ1n) is 9.01. The zero-order valence-corrected chi connectivity index (χ0v) is 18.1. The number of rotatable bonds is 8. The number of ether oxygens (including phenoxy) is 1. The second kappa shape index (κ2) is 9.27. The van der Waals surface area contributed by atoms with Crippen molar-refractivity contribution in [3.8, 4) is 5.75 Å². The first-order chi connectivity index (χ1) is 14.3. The van der Waals surface area contributed by atoms with Crippen molar-refractivity contribution < 1.29 is 22.3 Å². The average molecular weight is 449 g/mol. The summed E-state index contributed by atoms with van der Waals surface area (Å²) < 4.78 is 46.9. The molecule has 6 nitrogen and oxygen atoms in total. The lowest BCUT2D eigenvalue weighted by atomic mass is 10.2. The van der Waals surface area contributed by atoms with Gasteiger partial charge in [0.2, 0.25) is 5.91 Å². The van der Waals surface area contributed by atoms with Gasteiger partial charge in [0.05, 0.1) is 12.8 Å². The standard InChI is InChI=1S/C21H21FN2O4S2/c1-23(14-16-8-3-6-11-19(16)28-2)20(25)15-24(18-10-5-4-9-17(18)22)30(26,27)21-12-7-13-29-21/h3-13H,14-15H2,1-2H3. The number of hydrogen-bond donors (Lipinski definition) is 0. The topological polar surface area (TPSA) is 66.9 Å². The van der Waals surface area contributed by atoms with Crippen LogP contribution in [0.5, 0.6) is 5.75 Å². The van der Waals surface area contributed by atoms with E-state index in [2.05, 4.69) is 0 Å². The second-order valence-corrected chi connectivity index (χ2v) is 9.49. The molecule has 1 amide bonds. The Morgan fingerprint density at radius 2 is 1.77 bits per heavy atom. The number of halogens is 1. The van der Waals surface area contributed by atoms with Crippen LogP contribution >= 0.6 is 11.3 Å². The summed E-state index contributed by atoms with van der Waals surface area (Å²) in [4.78, 5) is 14.3. The van der Waals surface area contributed by atoms with Crippen molar-refractivity contribution in [2.75, 3.05) is 25.0 Å². The van der Waals surface area contributed by atoms with E-state index in [0.717, 1.165) is 27.3 Å². The van der Waals surface area contributed by atoms with Gasteiger partial charge >= 0.3 is 0 Å². The summed E-state index contributed by atoms with van der Waals surface area (Å²) >= 11 is 1.01. The predicted molar refractivity (Wildman–Crippen MR) is 115 cm³/mol. The molecule has 0 unspecified atom stereocenters. The molecule has 2 aromatic carbocycles. The maximum Gasteiger partial charge on any atom is 0.274 e. The first-order valence-corrected chi connectivity index (χ1v) is 11.3. The number of likely N-dealkylation sites (N-methyl/N-ethyl adjacent to an activating group) is 1. The number of para-hydroxylation sites is 2. The maximum atomic E-state index is 14.5. The molecule has 0 atom stereocenters. The van der Waals surface area contributed by atoms with Gasteiger partial charge in [0.1, 0.15) is 22.3 Å². The van der Waals surface area contributed by atoms with Gasteiger partial charge in [-0.1, -0.05) is 36.4 Å². The average Bonchev–Trinajstić information content (AvgIpc) is 3.28. The molecule has 0 saturated heterocycles. The number of sulfonamides is 1. The molecule has 3 aromatic rings. The summed E-state index contributed by atoms with van der Waals surface area (Å²) in [5.41, 5.74) is 0.597. The highest BCUT2D eigenvalue weighted by atomic mass is 32.2. The highest BCUT2D eigenvalue weighted by Gasteiger charge is 2.30. The monoisotopic (exact) mass is 448 g/mol. The zero-order valence-electron chi connectivity index (χ0n) is 16.5. The van der Waals surface area contributed by atoms with Gasteiger partial charge in [-0.3, -0.25) is 9.10 Å². The van der Waals surface area contributed by atoms with Crippen molar-refractivity contribution >= 4 is 33.0 Å². The van der Waals surface area contributed by atoms with Crippen LogP contribution in [0.15, 0.2) is 70.3 Å². The summed E-state index contributed by atoms with van der Waals surface area (Å²) in [7, 11) is -1.01. The fraction of sp³-hybridized carbons (Fsp3) is 0.190. The number of amides is 1. The Morgan fingerprint density at radius 3 is 2.43 bits per heavy atom. The van der Waals surface area contributed by atoms with Crippen molar-refractivity contribution in [2.24, 2.45) is 0 Å². The van der Waals surface area contributed by atoms with Crippen LogP contribution in [-0.4, -0.2) is 39.9 Å². The van der Waals surface area contributed by atoms with Crippen LogP contribution in [0.1, 0.15) is 5.56 Å². The molecular formula is C21H21FN2O4S2. The highest BCUT2D eigenvalue weighted by Crippen LogP contribution is 2.28. The first kappa shape index (κ1) is 21.8. The van der Waals surface area contributed by atoms with Crippen molar-refractivity contribution in [2.45, 2.75) is 10.8 Å². The van der Waals surface area contributed by atoms with Gasteiger partial charge in [-0.2, -0.15) is 0 Å². The van der Waals surface area contributed by atoms with Gasteiger partial charge in [0.15, 0.2) is 0 Å². The third-order valence-electron chi connectivity index (χ3n) is 4.47. The number of carbonyl (C=O) groups excluding carboxylic acids is 1. The van der Waals surface area contributed by atoms with Crippen molar-refractivity contribution in [1.29, 1.82) is 0 Å². The second-order valence-electron chi connectivity index (χ2n) is 6.46. The summed E-state index contributed by atoms with van der Waals surface area (Å²) in [6, 6.07) is 15.7. The molecule has 158 valence electrons. The Morgan fingerprint density at radius 1 is 1.07 bits per heavy atom.